The van der Waals surface area contributed by atoms with Gasteiger partial charge in [-0.1, -0.05) is 54.1 Å². The minimum Gasteiger partial charge on any atom is -0.399 e. The number of nitrogens with two attached hydrogens (primary N) is 1. The molecule has 1 atom stereocenters. The number of nitrogens with one attached hydrogen (secondary N) is 1. The highest BCUT2D eigenvalue weighted by Gasteiger charge is 2.21. The van der Waals surface area contributed by atoms with Gasteiger partial charge in [0.25, 0.3) is 0 Å². The fourth-order valence-electron chi connectivity index (χ4n) is 2.70. The molecule has 5 heteroatoms. The maximum absolute atomic E-state index is 12.9. The number of carbonyl (C=O) groups excluding carboxylic acids is 1. The van der Waals surface area contributed by atoms with Crippen molar-refractivity contribution in [3.8, 4) is 0 Å². The first-order valence-electron chi connectivity index (χ1n) is 8.71. The molecule has 3 nitrogen and oxygen atoms in total. The molecule has 0 spiro atoms. The Morgan fingerprint density at radius 3 is 2.44 bits per heavy atom. The molecule has 0 fully saturated rings. The lowest BCUT2D eigenvalue weighted by Crippen LogP contribution is -2.29. The van der Waals surface area contributed by atoms with E-state index in [0.717, 1.165) is 22.4 Å². The molecule has 27 heavy (non-hydrogen) atoms. The molecular weight excluding hydrogens is 376 g/mol. The first-order valence-corrected chi connectivity index (χ1v) is 9.97. The van der Waals surface area contributed by atoms with Gasteiger partial charge in [0.05, 0.1) is 0 Å². The van der Waals surface area contributed by atoms with Crippen molar-refractivity contribution < 1.29 is 4.79 Å². The van der Waals surface area contributed by atoms with Crippen molar-refractivity contribution in [3.63, 3.8) is 0 Å². The number of nitrogen functional groups attached to an aromatic ring is 1. The zero-order valence-electron chi connectivity index (χ0n) is 14.8. The van der Waals surface area contributed by atoms with Crippen LogP contribution in [0, 0.1) is 0 Å². The topological polar surface area (TPSA) is 55.1 Å². The van der Waals surface area contributed by atoms with Crippen molar-refractivity contribution in [2.75, 3.05) is 12.3 Å². The maximum Gasteiger partial charge on any atom is 0.238 e. The molecule has 3 rings (SSSR count). The van der Waals surface area contributed by atoms with Gasteiger partial charge in [0, 0.05) is 22.2 Å². The largest absolute Gasteiger partial charge is 0.399 e. The zero-order valence-corrected chi connectivity index (χ0v) is 16.3. The summed E-state index contributed by atoms with van der Waals surface area (Å²) in [4.78, 5) is 13.9. The van der Waals surface area contributed by atoms with Crippen molar-refractivity contribution >= 4 is 35.0 Å². The Labute approximate surface area is 168 Å². The molecule has 3 aromatic rings. The SMILES string of the molecule is Nc1ccc(SC(C(=O)NCCc2cccc(Cl)c2)c2ccccc2)cc1. The monoisotopic (exact) mass is 396 g/mol. The van der Waals surface area contributed by atoms with E-state index < -0.39 is 0 Å². The summed E-state index contributed by atoms with van der Waals surface area (Å²) in [6, 6.07) is 25.1. The maximum atomic E-state index is 12.9. The standard InChI is InChI=1S/C22H21ClN2OS/c23-18-8-4-5-16(15-18)13-14-25-22(26)21(17-6-2-1-3-7-17)27-20-11-9-19(24)10-12-20/h1-12,15,21H,13-14,24H2,(H,25,26). The summed E-state index contributed by atoms with van der Waals surface area (Å²) in [5, 5.41) is 3.44. The van der Waals surface area contributed by atoms with Crippen LogP contribution in [0.25, 0.3) is 0 Å². The van der Waals surface area contributed by atoms with Crippen LogP contribution < -0.4 is 11.1 Å². The van der Waals surface area contributed by atoms with E-state index in [9.17, 15) is 4.79 Å². The lowest BCUT2D eigenvalue weighted by molar-refractivity contribution is -0.120. The number of hydrogen-bond acceptors (Lipinski definition) is 3. The van der Waals surface area contributed by atoms with E-state index in [-0.39, 0.29) is 11.2 Å². The number of hydrogen-bond donors (Lipinski definition) is 2. The summed E-state index contributed by atoms with van der Waals surface area (Å²) in [6.07, 6.45) is 0.736. The van der Waals surface area contributed by atoms with Crippen LogP contribution in [-0.4, -0.2) is 12.5 Å². The van der Waals surface area contributed by atoms with Gasteiger partial charge in [-0.2, -0.15) is 0 Å². The van der Waals surface area contributed by atoms with Crippen LogP contribution in [-0.2, 0) is 11.2 Å². The van der Waals surface area contributed by atoms with Crippen LogP contribution in [0.4, 0.5) is 5.69 Å². The fraction of sp³-hybridized carbons (Fsp3) is 0.136. The van der Waals surface area contributed by atoms with Gasteiger partial charge in [-0.05, 0) is 53.9 Å². The third-order valence-corrected chi connectivity index (χ3v) is 5.58. The Kier molecular flexibility index (Phi) is 6.80. The fourth-order valence-corrected chi connectivity index (χ4v) is 3.96. The summed E-state index contributed by atoms with van der Waals surface area (Å²) >= 11 is 7.54. The Balaban J connectivity index is 1.68. The van der Waals surface area contributed by atoms with E-state index >= 15 is 0 Å². The molecule has 3 N–H and O–H groups in total. The molecule has 1 amide bonds. The van der Waals surface area contributed by atoms with Crippen molar-refractivity contribution in [1.29, 1.82) is 0 Å². The van der Waals surface area contributed by atoms with E-state index in [0.29, 0.717) is 17.3 Å². The molecule has 3 aromatic carbocycles. The third-order valence-electron chi connectivity index (χ3n) is 4.08. The predicted octanol–water partition coefficient (Wildman–Crippen LogP) is 5.11. The van der Waals surface area contributed by atoms with Crippen LogP contribution >= 0.6 is 23.4 Å². The number of rotatable bonds is 7. The van der Waals surface area contributed by atoms with E-state index in [1.165, 1.54) is 11.8 Å². The Morgan fingerprint density at radius 1 is 1.00 bits per heavy atom. The number of thioether (sulfide) groups is 1. The van der Waals surface area contributed by atoms with Crippen LogP contribution in [0.15, 0.2) is 83.8 Å². The Morgan fingerprint density at radius 2 is 1.74 bits per heavy atom. The van der Waals surface area contributed by atoms with E-state index in [2.05, 4.69) is 5.32 Å². The summed E-state index contributed by atoms with van der Waals surface area (Å²) in [6.45, 7) is 0.560. The summed E-state index contributed by atoms with van der Waals surface area (Å²) < 4.78 is 0. The molecule has 0 saturated carbocycles. The second-order valence-electron chi connectivity index (χ2n) is 6.15. The number of carbonyl (C=O) groups is 1. The molecule has 0 radical (unpaired) electrons. The quantitative estimate of drug-likeness (QED) is 0.430. The highest BCUT2D eigenvalue weighted by atomic mass is 35.5. The first-order chi connectivity index (χ1) is 13.1. The molecule has 0 bridgehead atoms. The molecule has 0 aliphatic rings. The number of amides is 1. The van der Waals surface area contributed by atoms with Gasteiger partial charge in [0.2, 0.25) is 5.91 Å². The summed E-state index contributed by atoms with van der Waals surface area (Å²) in [7, 11) is 0. The van der Waals surface area contributed by atoms with Crippen LogP contribution in [0.3, 0.4) is 0 Å². The molecule has 0 aromatic heterocycles. The van der Waals surface area contributed by atoms with Crippen molar-refractivity contribution in [2.45, 2.75) is 16.6 Å². The number of benzene rings is 3. The van der Waals surface area contributed by atoms with Gasteiger partial charge in [0.15, 0.2) is 0 Å². The average Bonchev–Trinajstić information content (AvgIpc) is 2.68. The molecule has 0 aliphatic heterocycles. The van der Waals surface area contributed by atoms with Crippen LogP contribution in [0.5, 0.6) is 0 Å². The molecule has 1 unspecified atom stereocenters. The van der Waals surface area contributed by atoms with Gasteiger partial charge < -0.3 is 11.1 Å². The van der Waals surface area contributed by atoms with Gasteiger partial charge in [0.1, 0.15) is 5.25 Å². The van der Waals surface area contributed by atoms with E-state index in [4.69, 9.17) is 17.3 Å². The number of anilines is 1. The average molecular weight is 397 g/mol. The highest BCUT2D eigenvalue weighted by Crippen LogP contribution is 2.35. The summed E-state index contributed by atoms with van der Waals surface area (Å²) in [5.41, 5.74) is 8.55. The molecule has 0 heterocycles. The van der Waals surface area contributed by atoms with Crippen molar-refractivity contribution in [3.05, 3.63) is 95.0 Å². The van der Waals surface area contributed by atoms with Gasteiger partial charge in [-0.15, -0.1) is 11.8 Å². The minimum absolute atomic E-state index is 0.00921. The van der Waals surface area contributed by atoms with Crippen molar-refractivity contribution in [2.24, 2.45) is 0 Å². The molecular formula is C22H21ClN2OS. The van der Waals surface area contributed by atoms with Crippen molar-refractivity contribution in [1.82, 2.24) is 5.32 Å². The Hall–Kier alpha value is -2.43. The lowest BCUT2D eigenvalue weighted by atomic mass is 10.1. The van der Waals surface area contributed by atoms with Gasteiger partial charge >= 0.3 is 0 Å². The smallest absolute Gasteiger partial charge is 0.238 e. The second-order valence-corrected chi connectivity index (χ2v) is 7.76. The minimum atomic E-state index is -0.325. The molecule has 138 valence electrons. The summed E-state index contributed by atoms with van der Waals surface area (Å²) in [5.74, 6) is -0.00921. The van der Waals surface area contributed by atoms with Crippen LogP contribution in [0.1, 0.15) is 16.4 Å². The lowest BCUT2D eigenvalue weighted by Gasteiger charge is -2.17. The molecule has 0 aliphatic carbocycles. The number of halogens is 1. The highest BCUT2D eigenvalue weighted by molar-refractivity contribution is 8.00. The van der Waals surface area contributed by atoms with E-state index in [1.807, 2.05) is 78.9 Å². The first kappa shape index (κ1) is 19.3. The molecule has 0 saturated heterocycles. The Bertz CT molecular complexity index is 884. The second kappa shape index (κ2) is 9.49. The zero-order chi connectivity index (χ0) is 19.1. The third kappa shape index (κ3) is 5.78. The van der Waals surface area contributed by atoms with Gasteiger partial charge in [-0.3, -0.25) is 4.79 Å². The normalized spacial score (nSPS) is 11.7. The van der Waals surface area contributed by atoms with E-state index in [1.54, 1.807) is 0 Å². The van der Waals surface area contributed by atoms with Gasteiger partial charge in [-0.25, -0.2) is 0 Å². The van der Waals surface area contributed by atoms with Crippen LogP contribution in [0.2, 0.25) is 5.02 Å². The predicted molar refractivity (Wildman–Crippen MR) is 114 cm³/mol.